The van der Waals surface area contributed by atoms with Crippen molar-refractivity contribution >= 4 is 17.3 Å². The zero-order valence-electron chi connectivity index (χ0n) is 32.6. The number of hydrogen-bond acceptors (Lipinski definition) is 8. The first-order chi connectivity index (χ1) is 24.3. The molecule has 2 saturated heterocycles. The standard InChI is InChI=1S/C42H58FN5O4/c1-26-35(37(46-20-15-41(6,7)16-21-46)36(27(2)45-26)38(39(49)50)52-40(3,4)5)30-10-11-31-25-47(17-12-29(31)22-30)34-23-33(44-24-32(34)43)28-13-18-48(19-14-28)42(8,9)51/h10-11,22-24,28,38,51H,12-21,25H2,1-9H3,(H,49,50)/t38-/m0/s1. The summed E-state index contributed by atoms with van der Waals surface area (Å²) < 4.78 is 21.7. The van der Waals surface area contributed by atoms with E-state index in [1.807, 2.05) is 54.5 Å². The average molecular weight is 716 g/mol. The summed E-state index contributed by atoms with van der Waals surface area (Å²) in [5.74, 6) is -1.11. The minimum absolute atomic E-state index is 0.212. The fourth-order valence-electron chi connectivity index (χ4n) is 8.30. The Kier molecular flexibility index (Phi) is 10.5. The number of carboxylic acid groups (broad SMARTS) is 1. The zero-order valence-corrected chi connectivity index (χ0v) is 32.6. The monoisotopic (exact) mass is 715 g/mol. The van der Waals surface area contributed by atoms with Gasteiger partial charge in [0.15, 0.2) is 11.9 Å². The van der Waals surface area contributed by atoms with Crippen LogP contribution in [0.2, 0.25) is 0 Å². The highest BCUT2D eigenvalue weighted by Crippen LogP contribution is 2.45. The molecular formula is C42H58FN5O4. The Morgan fingerprint density at radius 3 is 2.25 bits per heavy atom. The lowest BCUT2D eigenvalue weighted by Gasteiger charge is -2.41. The Bertz CT molecular complexity index is 1800. The smallest absolute Gasteiger partial charge is 0.337 e. The van der Waals surface area contributed by atoms with E-state index in [9.17, 15) is 15.0 Å². The van der Waals surface area contributed by atoms with Crippen LogP contribution in [-0.2, 0) is 22.5 Å². The largest absolute Gasteiger partial charge is 0.479 e. The maximum absolute atomic E-state index is 15.4. The average Bonchev–Trinajstić information content (AvgIpc) is 3.06. The summed E-state index contributed by atoms with van der Waals surface area (Å²) in [5, 5.41) is 21.0. The van der Waals surface area contributed by atoms with Crippen LogP contribution in [-0.4, -0.2) is 75.1 Å². The number of carbonyl (C=O) groups is 1. The maximum atomic E-state index is 15.4. The Labute approximate surface area is 309 Å². The molecular weight excluding hydrogens is 657 g/mol. The molecule has 1 aromatic carbocycles. The molecule has 282 valence electrons. The summed E-state index contributed by atoms with van der Waals surface area (Å²) in [6.45, 7) is 22.2. The van der Waals surface area contributed by atoms with Gasteiger partial charge in [-0.2, -0.15) is 0 Å². The summed E-state index contributed by atoms with van der Waals surface area (Å²) in [7, 11) is 0. The summed E-state index contributed by atoms with van der Waals surface area (Å²) in [6.07, 6.45) is 4.68. The van der Waals surface area contributed by atoms with E-state index < -0.39 is 23.4 Å². The highest BCUT2D eigenvalue weighted by molar-refractivity contribution is 5.88. The molecule has 2 fully saturated rings. The van der Waals surface area contributed by atoms with Gasteiger partial charge in [-0.3, -0.25) is 14.9 Å². The van der Waals surface area contributed by atoms with Crippen molar-refractivity contribution in [2.75, 3.05) is 42.5 Å². The molecule has 0 saturated carbocycles. The molecule has 0 spiro atoms. The van der Waals surface area contributed by atoms with Gasteiger partial charge < -0.3 is 24.7 Å². The number of benzene rings is 1. The van der Waals surface area contributed by atoms with Gasteiger partial charge in [-0.05, 0) is 109 Å². The molecule has 0 amide bonds. The number of pyridine rings is 2. The van der Waals surface area contributed by atoms with Crippen LogP contribution < -0.4 is 9.80 Å². The van der Waals surface area contributed by atoms with E-state index in [-0.39, 0.29) is 17.2 Å². The second-order valence-electron chi connectivity index (χ2n) is 17.5. The number of rotatable bonds is 8. The molecule has 6 rings (SSSR count). The van der Waals surface area contributed by atoms with Gasteiger partial charge in [0, 0.05) is 73.4 Å². The van der Waals surface area contributed by atoms with Gasteiger partial charge in [0.05, 0.1) is 23.2 Å². The second kappa shape index (κ2) is 14.3. The van der Waals surface area contributed by atoms with Crippen molar-refractivity contribution < 1.29 is 24.1 Å². The number of likely N-dealkylation sites (tertiary alicyclic amines) is 1. The molecule has 10 heteroatoms. The summed E-state index contributed by atoms with van der Waals surface area (Å²) in [4.78, 5) is 28.9. The number of anilines is 2. The maximum Gasteiger partial charge on any atom is 0.337 e. The number of nitrogens with zero attached hydrogens (tertiary/aromatic N) is 5. The number of halogens is 1. The molecule has 0 unspecified atom stereocenters. The lowest BCUT2D eigenvalue weighted by atomic mass is 9.81. The van der Waals surface area contributed by atoms with Crippen molar-refractivity contribution in [3.8, 4) is 11.1 Å². The Morgan fingerprint density at radius 1 is 0.962 bits per heavy atom. The Hall–Kier alpha value is -3.60. The molecule has 3 aromatic rings. The highest BCUT2D eigenvalue weighted by atomic mass is 19.1. The minimum Gasteiger partial charge on any atom is -0.479 e. The number of aliphatic carboxylic acids is 1. The predicted molar refractivity (Wildman–Crippen MR) is 204 cm³/mol. The molecule has 9 nitrogen and oxygen atoms in total. The van der Waals surface area contributed by atoms with Crippen molar-refractivity contribution in [3.63, 3.8) is 0 Å². The van der Waals surface area contributed by atoms with Crippen LogP contribution in [0.4, 0.5) is 15.8 Å². The molecule has 3 aliphatic rings. The quantitative estimate of drug-likeness (QED) is 0.241. The molecule has 5 heterocycles. The molecule has 2 N–H and O–H groups in total. The fourth-order valence-corrected chi connectivity index (χ4v) is 8.30. The highest BCUT2D eigenvalue weighted by Gasteiger charge is 2.37. The SMILES string of the molecule is Cc1nc(C)c([C@H](OC(C)(C)C)C(=O)O)c(N2CCC(C)(C)CC2)c1-c1ccc2c(c1)CCN(c1cc(C3CCN(C(C)(C)O)CC3)ncc1F)C2. The number of carboxylic acids is 1. The van der Waals surface area contributed by atoms with E-state index >= 15 is 4.39 Å². The first kappa shape index (κ1) is 38.1. The number of hydrogen-bond donors (Lipinski definition) is 2. The van der Waals surface area contributed by atoms with Gasteiger partial charge >= 0.3 is 5.97 Å². The normalized spacial score (nSPS) is 19.4. The van der Waals surface area contributed by atoms with Gasteiger partial charge in [-0.1, -0.05) is 32.0 Å². The van der Waals surface area contributed by atoms with E-state index in [2.05, 4.69) is 51.7 Å². The third kappa shape index (κ3) is 8.14. The number of ether oxygens (including phenoxy) is 1. The third-order valence-corrected chi connectivity index (χ3v) is 11.4. The number of aromatic nitrogens is 2. The van der Waals surface area contributed by atoms with Crippen LogP contribution in [0.25, 0.3) is 11.1 Å². The summed E-state index contributed by atoms with van der Waals surface area (Å²) >= 11 is 0. The lowest BCUT2D eigenvalue weighted by molar-refractivity contribution is -0.160. The van der Waals surface area contributed by atoms with Crippen LogP contribution in [0.5, 0.6) is 0 Å². The predicted octanol–water partition coefficient (Wildman–Crippen LogP) is 7.94. The molecule has 0 bridgehead atoms. The Morgan fingerprint density at radius 2 is 1.63 bits per heavy atom. The number of aryl methyl sites for hydroxylation is 2. The lowest BCUT2D eigenvalue weighted by Crippen LogP contribution is -2.47. The van der Waals surface area contributed by atoms with Gasteiger partial charge in [0.2, 0.25) is 0 Å². The Balaban J connectivity index is 1.33. The number of aliphatic hydroxyl groups is 1. The van der Waals surface area contributed by atoms with E-state index in [0.717, 1.165) is 92.0 Å². The van der Waals surface area contributed by atoms with Gasteiger partial charge in [0.25, 0.3) is 0 Å². The molecule has 52 heavy (non-hydrogen) atoms. The van der Waals surface area contributed by atoms with Crippen LogP contribution in [0.15, 0.2) is 30.5 Å². The van der Waals surface area contributed by atoms with Crippen LogP contribution in [0, 0.1) is 25.1 Å². The zero-order chi connectivity index (χ0) is 37.7. The topological polar surface area (TPSA) is 102 Å². The van der Waals surface area contributed by atoms with Crippen molar-refractivity contribution in [1.29, 1.82) is 0 Å². The molecule has 0 aliphatic carbocycles. The van der Waals surface area contributed by atoms with Crippen LogP contribution in [0.3, 0.4) is 0 Å². The molecule has 3 aliphatic heterocycles. The second-order valence-corrected chi connectivity index (χ2v) is 17.5. The van der Waals surface area contributed by atoms with E-state index in [1.54, 1.807) is 0 Å². The van der Waals surface area contributed by atoms with Crippen molar-refractivity contribution in [1.82, 2.24) is 14.9 Å². The van der Waals surface area contributed by atoms with E-state index in [0.29, 0.717) is 30.0 Å². The first-order valence-electron chi connectivity index (χ1n) is 19.0. The van der Waals surface area contributed by atoms with Crippen molar-refractivity contribution in [2.24, 2.45) is 5.41 Å². The van der Waals surface area contributed by atoms with Crippen molar-refractivity contribution in [2.45, 2.75) is 124 Å². The number of fused-ring (bicyclic) bond motifs is 1. The van der Waals surface area contributed by atoms with Crippen LogP contribution >= 0.6 is 0 Å². The fraction of sp³-hybridized carbons (Fsp3) is 0.595. The number of piperidine rings is 2. The van der Waals surface area contributed by atoms with Gasteiger partial charge in [0.1, 0.15) is 5.72 Å². The van der Waals surface area contributed by atoms with Crippen molar-refractivity contribution in [3.05, 3.63) is 70.1 Å². The van der Waals surface area contributed by atoms with E-state index in [1.165, 1.54) is 11.8 Å². The van der Waals surface area contributed by atoms with Gasteiger partial charge in [-0.15, -0.1) is 0 Å². The minimum atomic E-state index is -1.17. The van der Waals surface area contributed by atoms with Crippen LogP contribution in [0.1, 0.15) is 120 Å². The third-order valence-electron chi connectivity index (χ3n) is 11.4. The summed E-state index contributed by atoms with van der Waals surface area (Å²) in [5.41, 5.74) is 7.56. The summed E-state index contributed by atoms with van der Waals surface area (Å²) in [6, 6.07) is 8.44. The molecule has 2 aromatic heterocycles. The van der Waals surface area contributed by atoms with E-state index in [4.69, 9.17) is 9.72 Å². The van der Waals surface area contributed by atoms with Gasteiger partial charge in [-0.25, -0.2) is 9.18 Å². The first-order valence-corrected chi connectivity index (χ1v) is 19.0. The molecule has 1 atom stereocenters. The molecule has 0 radical (unpaired) electrons.